The quantitative estimate of drug-likeness (QED) is 0.490. The number of halogens is 1. The van der Waals surface area contributed by atoms with E-state index in [1.165, 1.54) is 6.33 Å². The maximum absolute atomic E-state index is 14.9. The zero-order chi connectivity index (χ0) is 20.0. The number of aromatic amines is 1. The van der Waals surface area contributed by atoms with Crippen LogP contribution in [-0.2, 0) is 0 Å². The number of H-pyrrole nitrogens is 1. The summed E-state index contributed by atoms with van der Waals surface area (Å²) in [5, 5.41) is 13.9. The van der Waals surface area contributed by atoms with E-state index in [0.717, 1.165) is 11.3 Å². The fraction of sp³-hybridized carbons (Fsp3) is 0.300. The normalized spacial score (nSPS) is 17.9. The van der Waals surface area contributed by atoms with Crippen LogP contribution in [0.25, 0.3) is 22.1 Å². The van der Waals surface area contributed by atoms with Gasteiger partial charge in [0.05, 0.1) is 29.7 Å². The standard InChI is InChI=1S/C20H20FN7O/c1-11(27-20-17-19(24-9-23-17)25-10-26-20)14-7-15(21)13-3-2-5-22-16(13)18(14)28-6-4-12(29)8-28/h2-3,5,7,9-12,29H,4,6,8H2,1H3,(H2,23,24,25,26,27)/t11?,12-/m1/s1. The zero-order valence-electron chi connectivity index (χ0n) is 15.8. The Morgan fingerprint density at radius 3 is 3.03 bits per heavy atom. The summed E-state index contributed by atoms with van der Waals surface area (Å²) in [5.74, 6) is 0.267. The van der Waals surface area contributed by atoms with Crippen LogP contribution in [0.5, 0.6) is 0 Å². The minimum Gasteiger partial charge on any atom is -0.391 e. The van der Waals surface area contributed by atoms with Crippen molar-refractivity contribution in [3.05, 3.63) is 48.4 Å². The molecule has 1 unspecified atom stereocenters. The molecule has 9 heteroatoms. The van der Waals surface area contributed by atoms with Gasteiger partial charge in [-0.15, -0.1) is 0 Å². The van der Waals surface area contributed by atoms with Gasteiger partial charge in [0.15, 0.2) is 11.5 Å². The second-order valence-corrected chi connectivity index (χ2v) is 7.27. The number of hydrogen-bond acceptors (Lipinski definition) is 7. The van der Waals surface area contributed by atoms with E-state index in [-0.39, 0.29) is 11.9 Å². The first-order chi connectivity index (χ1) is 14.1. The number of β-amino-alcohol motifs (C(OH)–C–C–N with tert-alkyl or cyclic N) is 1. The predicted molar refractivity (Wildman–Crippen MR) is 108 cm³/mol. The van der Waals surface area contributed by atoms with Gasteiger partial charge in [0.2, 0.25) is 0 Å². The van der Waals surface area contributed by atoms with Crippen molar-refractivity contribution in [1.82, 2.24) is 24.9 Å². The highest BCUT2D eigenvalue weighted by molar-refractivity contribution is 5.94. The molecule has 4 heterocycles. The number of anilines is 2. The van der Waals surface area contributed by atoms with E-state index in [2.05, 4.69) is 35.1 Å². The lowest BCUT2D eigenvalue weighted by atomic mass is 10.0. The van der Waals surface area contributed by atoms with Gasteiger partial charge in [-0.2, -0.15) is 0 Å². The number of hydrogen-bond donors (Lipinski definition) is 3. The van der Waals surface area contributed by atoms with Crippen molar-refractivity contribution in [3.63, 3.8) is 0 Å². The lowest BCUT2D eigenvalue weighted by Crippen LogP contribution is -2.24. The molecule has 5 rings (SSSR count). The Morgan fingerprint density at radius 2 is 2.21 bits per heavy atom. The summed E-state index contributed by atoms with van der Waals surface area (Å²) in [6.45, 7) is 3.13. The molecule has 148 valence electrons. The Kier molecular flexibility index (Phi) is 4.24. The predicted octanol–water partition coefficient (Wildman–Crippen LogP) is 2.78. The highest BCUT2D eigenvalue weighted by Gasteiger charge is 2.28. The van der Waals surface area contributed by atoms with Crippen LogP contribution in [0.15, 0.2) is 37.1 Å². The SMILES string of the molecule is CC(Nc1ncnc2nc[nH]c12)c1cc(F)c2cccnc2c1N1CC[C@@H](O)C1. The molecule has 0 spiro atoms. The number of fused-ring (bicyclic) bond motifs is 2. The molecule has 0 amide bonds. The number of aliphatic hydroxyl groups excluding tert-OH is 1. The highest BCUT2D eigenvalue weighted by Crippen LogP contribution is 2.38. The van der Waals surface area contributed by atoms with E-state index in [0.29, 0.717) is 47.4 Å². The van der Waals surface area contributed by atoms with Gasteiger partial charge >= 0.3 is 0 Å². The topological polar surface area (TPSA) is 103 Å². The van der Waals surface area contributed by atoms with Gasteiger partial charge in [0.25, 0.3) is 0 Å². The van der Waals surface area contributed by atoms with Crippen molar-refractivity contribution in [2.24, 2.45) is 0 Å². The maximum Gasteiger partial charge on any atom is 0.182 e. The molecule has 29 heavy (non-hydrogen) atoms. The van der Waals surface area contributed by atoms with Gasteiger partial charge < -0.3 is 20.3 Å². The number of rotatable bonds is 4. The Bertz CT molecular complexity index is 1190. The van der Waals surface area contributed by atoms with Gasteiger partial charge in [-0.05, 0) is 31.5 Å². The zero-order valence-corrected chi connectivity index (χ0v) is 15.8. The van der Waals surface area contributed by atoms with E-state index in [9.17, 15) is 9.50 Å². The lowest BCUT2D eigenvalue weighted by Gasteiger charge is -2.27. The molecule has 4 aromatic rings. The third kappa shape index (κ3) is 3.03. The van der Waals surface area contributed by atoms with Crippen LogP contribution >= 0.6 is 0 Å². The largest absolute Gasteiger partial charge is 0.391 e. The first-order valence-corrected chi connectivity index (χ1v) is 9.52. The van der Waals surface area contributed by atoms with E-state index < -0.39 is 6.10 Å². The molecule has 0 bridgehead atoms. The van der Waals surface area contributed by atoms with Crippen molar-refractivity contribution < 1.29 is 9.50 Å². The first-order valence-electron chi connectivity index (χ1n) is 9.52. The monoisotopic (exact) mass is 393 g/mol. The van der Waals surface area contributed by atoms with Crippen molar-refractivity contribution in [1.29, 1.82) is 0 Å². The average molecular weight is 393 g/mol. The fourth-order valence-corrected chi connectivity index (χ4v) is 3.97. The van der Waals surface area contributed by atoms with Crippen molar-refractivity contribution in [2.75, 3.05) is 23.3 Å². The molecule has 2 atom stereocenters. The third-order valence-corrected chi connectivity index (χ3v) is 5.37. The molecule has 1 aromatic carbocycles. The van der Waals surface area contributed by atoms with Gasteiger partial charge in [0, 0.05) is 30.2 Å². The number of nitrogens with one attached hydrogen (secondary N) is 2. The van der Waals surface area contributed by atoms with Crippen LogP contribution in [0.4, 0.5) is 15.9 Å². The lowest BCUT2D eigenvalue weighted by molar-refractivity contribution is 0.198. The summed E-state index contributed by atoms with van der Waals surface area (Å²) >= 11 is 0. The molecule has 8 nitrogen and oxygen atoms in total. The molecule has 3 aromatic heterocycles. The molecular formula is C20H20FN7O. The van der Waals surface area contributed by atoms with E-state index in [1.807, 2.05) is 6.92 Å². The van der Waals surface area contributed by atoms with Gasteiger partial charge in [0.1, 0.15) is 17.7 Å². The minimum absolute atomic E-state index is 0.273. The van der Waals surface area contributed by atoms with Crippen LogP contribution in [-0.4, -0.2) is 49.2 Å². The number of imidazole rings is 1. The van der Waals surface area contributed by atoms with E-state index >= 15 is 0 Å². The van der Waals surface area contributed by atoms with Crippen molar-refractivity contribution >= 4 is 33.6 Å². The molecule has 3 N–H and O–H groups in total. The Balaban J connectivity index is 1.62. The fourth-order valence-electron chi connectivity index (χ4n) is 3.97. The minimum atomic E-state index is -0.401. The Hall–Kier alpha value is -3.33. The van der Waals surface area contributed by atoms with Gasteiger partial charge in [-0.1, -0.05) is 0 Å². The second kappa shape index (κ2) is 6.93. The number of aromatic nitrogens is 5. The summed E-state index contributed by atoms with van der Waals surface area (Å²) < 4.78 is 14.9. The number of aliphatic hydroxyl groups is 1. The maximum atomic E-state index is 14.9. The molecule has 1 aliphatic heterocycles. The van der Waals surface area contributed by atoms with Gasteiger partial charge in [-0.3, -0.25) is 4.98 Å². The molecule has 1 saturated heterocycles. The molecule has 0 saturated carbocycles. The molecule has 1 fully saturated rings. The van der Waals surface area contributed by atoms with Crippen LogP contribution in [0.2, 0.25) is 0 Å². The van der Waals surface area contributed by atoms with E-state index in [1.54, 1.807) is 30.7 Å². The highest BCUT2D eigenvalue weighted by atomic mass is 19.1. The molecule has 0 radical (unpaired) electrons. The van der Waals surface area contributed by atoms with Crippen LogP contribution in [0, 0.1) is 5.82 Å². The summed E-state index contributed by atoms with van der Waals surface area (Å²) in [7, 11) is 0. The summed E-state index contributed by atoms with van der Waals surface area (Å²) in [6, 6.07) is 4.73. The summed E-state index contributed by atoms with van der Waals surface area (Å²) in [6.07, 6.45) is 4.94. The van der Waals surface area contributed by atoms with E-state index in [4.69, 9.17) is 0 Å². The third-order valence-electron chi connectivity index (χ3n) is 5.37. The summed E-state index contributed by atoms with van der Waals surface area (Å²) in [5.41, 5.74) is 3.45. The van der Waals surface area contributed by atoms with Crippen molar-refractivity contribution in [3.8, 4) is 0 Å². The number of pyridine rings is 1. The smallest absolute Gasteiger partial charge is 0.182 e. The second-order valence-electron chi connectivity index (χ2n) is 7.27. The Labute approximate surface area is 165 Å². The number of nitrogens with zero attached hydrogens (tertiary/aromatic N) is 5. The van der Waals surface area contributed by atoms with Crippen LogP contribution < -0.4 is 10.2 Å². The molecule has 0 aliphatic carbocycles. The first kappa shape index (κ1) is 17.7. The van der Waals surface area contributed by atoms with Crippen LogP contribution in [0.1, 0.15) is 24.9 Å². The average Bonchev–Trinajstić information content (AvgIpc) is 3.37. The number of benzene rings is 1. The van der Waals surface area contributed by atoms with Gasteiger partial charge in [-0.25, -0.2) is 19.3 Å². The summed E-state index contributed by atoms with van der Waals surface area (Å²) in [4.78, 5) is 22.2. The van der Waals surface area contributed by atoms with Crippen molar-refractivity contribution in [2.45, 2.75) is 25.5 Å². The molecule has 1 aliphatic rings. The molecular weight excluding hydrogens is 373 g/mol. The van der Waals surface area contributed by atoms with Crippen LogP contribution in [0.3, 0.4) is 0 Å². The Morgan fingerprint density at radius 1 is 1.31 bits per heavy atom.